The number of benzene rings is 2. The van der Waals surface area contributed by atoms with Crippen molar-refractivity contribution in [2.75, 3.05) is 37.2 Å². The van der Waals surface area contributed by atoms with Crippen molar-refractivity contribution in [2.24, 2.45) is 5.10 Å². The number of halogens is 1. The summed E-state index contributed by atoms with van der Waals surface area (Å²) in [6, 6.07) is 13.8. The van der Waals surface area contributed by atoms with Gasteiger partial charge >= 0.3 is 0 Å². The standard InChI is InChI=1S/C26H30FN5O2S2/c1-32(2)24(33)15-19(17-36-20-8-5-4-6-9-20)30-25-21-14-18(27)10-11-23(21)28-16-22(25)26(34)31-29-12-7-13-35-3/h4-6,8-12,14,16,19H,7,13,15,17H2,1-3H3,(H,28,30)(H,31,34)/b29-12+/t19-/m1/s1. The first-order valence-electron chi connectivity index (χ1n) is 11.4. The lowest BCUT2D eigenvalue weighted by molar-refractivity contribution is -0.128. The molecule has 0 aliphatic heterocycles. The first-order valence-corrected chi connectivity index (χ1v) is 13.8. The summed E-state index contributed by atoms with van der Waals surface area (Å²) >= 11 is 3.28. The van der Waals surface area contributed by atoms with E-state index in [4.69, 9.17) is 0 Å². The Kier molecular flexibility index (Phi) is 10.6. The Bertz CT molecular complexity index is 1210. The van der Waals surface area contributed by atoms with Gasteiger partial charge in [0.25, 0.3) is 5.91 Å². The van der Waals surface area contributed by atoms with Gasteiger partial charge in [-0.2, -0.15) is 16.9 Å². The quantitative estimate of drug-likeness (QED) is 0.151. The topological polar surface area (TPSA) is 86.7 Å². The van der Waals surface area contributed by atoms with E-state index in [2.05, 4.69) is 20.8 Å². The molecular formula is C26H30FN5O2S2. The van der Waals surface area contributed by atoms with Gasteiger partial charge in [-0.3, -0.25) is 14.6 Å². The Morgan fingerprint density at radius 3 is 2.69 bits per heavy atom. The van der Waals surface area contributed by atoms with Crippen molar-refractivity contribution >= 4 is 58.1 Å². The van der Waals surface area contributed by atoms with Gasteiger partial charge in [0.1, 0.15) is 5.82 Å². The lowest BCUT2D eigenvalue weighted by Crippen LogP contribution is -2.33. The van der Waals surface area contributed by atoms with E-state index in [1.54, 1.807) is 49.9 Å². The van der Waals surface area contributed by atoms with E-state index in [9.17, 15) is 14.0 Å². The molecule has 1 heterocycles. The molecule has 0 saturated heterocycles. The molecule has 0 unspecified atom stereocenters. The van der Waals surface area contributed by atoms with Crippen LogP contribution in [0.1, 0.15) is 23.2 Å². The lowest BCUT2D eigenvalue weighted by atomic mass is 10.1. The number of hydrazone groups is 1. The third-order valence-electron chi connectivity index (χ3n) is 5.25. The molecule has 2 amide bonds. The van der Waals surface area contributed by atoms with Gasteiger partial charge in [-0.1, -0.05) is 18.2 Å². The Balaban J connectivity index is 1.94. The van der Waals surface area contributed by atoms with Gasteiger partial charge in [0.2, 0.25) is 5.91 Å². The summed E-state index contributed by atoms with van der Waals surface area (Å²) in [5.74, 6) is 0.472. The number of nitrogens with zero attached hydrogens (tertiary/aromatic N) is 3. The Hall–Kier alpha value is -3.11. The maximum absolute atomic E-state index is 14.2. The van der Waals surface area contributed by atoms with E-state index in [0.29, 0.717) is 22.3 Å². The van der Waals surface area contributed by atoms with Crippen LogP contribution in [0.2, 0.25) is 0 Å². The van der Waals surface area contributed by atoms with Crippen molar-refractivity contribution in [3.8, 4) is 0 Å². The molecule has 0 spiro atoms. The van der Waals surface area contributed by atoms with E-state index >= 15 is 0 Å². The van der Waals surface area contributed by atoms with Crippen LogP contribution < -0.4 is 10.7 Å². The highest BCUT2D eigenvalue weighted by molar-refractivity contribution is 7.99. The van der Waals surface area contributed by atoms with Crippen LogP contribution in [0.3, 0.4) is 0 Å². The molecule has 0 saturated carbocycles. The van der Waals surface area contributed by atoms with Gasteiger partial charge in [0.15, 0.2) is 0 Å². The number of anilines is 1. The number of aromatic nitrogens is 1. The first-order chi connectivity index (χ1) is 17.4. The largest absolute Gasteiger partial charge is 0.380 e. The van der Waals surface area contributed by atoms with Gasteiger partial charge in [-0.15, -0.1) is 11.8 Å². The fourth-order valence-electron chi connectivity index (χ4n) is 3.35. The number of carbonyl (C=O) groups is 2. The predicted molar refractivity (Wildman–Crippen MR) is 149 cm³/mol. The normalized spacial score (nSPS) is 12.0. The van der Waals surface area contributed by atoms with Gasteiger partial charge in [0, 0.05) is 55.0 Å². The van der Waals surface area contributed by atoms with E-state index in [0.717, 1.165) is 17.1 Å². The van der Waals surface area contributed by atoms with Crippen LogP contribution in [0.25, 0.3) is 10.9 Å². The summed E-state index contributed by atoms with van der Waals surface area (Å²) < 4.78 is 14.2. The maximum atomic E-state index is 14.2. The van der Waals surface area contributed by atoms with Crippen LogP contribution in [-0.4, -0.2) is 65.8 Å². The molecule has 3 aromatic rings. The monoisotopic (exact) mass is 527 g/mol. The maximum Gasteiger partial charge on any atom is 0.275 e. The van der Waals surface area contributed by atoms with E-state index in [1.165, 1.54) is 23.2 Å². The smallest absolute Gasteiger partial charge is 0.275 e. The van der Waals surface area contributed by atoms with Crippen LogP contribution in [-0.2, 0) is 4.79 Å². The van der Waals surface area contributed by atoms with E-state index in [-0.39, 0.29) is 23.9 Å². The third kappa shape index (κ3) is 7.96. The van der Waals surface area contributed by atoms with E-state index < -0.39 is 11.7 Å². The number of pyridine rings is 1. The zero-order valence-electron chi connectivity index (χ0n) is 20.5. The summed E-state index contributed by atoms with van der Waals surface area (Å²) in [5, 5.41) is 7.85. The molecule has 0 radical (unpaired) electrons. The fourth-order valence-corrected chi connectivity index (χ4v) is 4.64. The highest BCUT2D eigenvalue weighted by Gasteiger charge is 2.22. The summed E-state index contributed by atoms with van der Waals surface area (Å²) in [6.45, 7) is 0. The van der Waals surface area contributed by atoms with Crippen molar-refractivity contribution in [1.29, 1.82) is 0 Å². The van der Waals surface area contributed by atoms with Crippen molar-refractivity contribution in [2.45, 2.75) is 23.8 Å². The molecule has 10 heteroatoms. The molecule has 7 nitrogen and oxygen atoms in total. The summed E-state index contributed by atoms with van der Waals surface area (Å²) in [4.78, 5) is 32.6. The summed E-state index contributed by atoms with van der Waals surface area (Å²) in [5.41, 5.74) is 3.71. The number of amides is 2. The molecule has 1 aromatic heterocycles. The van der Waals surface area contributed by atoms with Crippen LogP contribution in [0.5, 0.6) is 0 Å². The predicted octanol–water partition coefficient (Wildman–Crippen LogP) is 4.89. The molecular weight excluding hydrogens is 497 g/mol. The summed E-state index contributed by atoms with van der Waals surface area (Å²) in [6.07, 6.45) is 6.01. The third-order valence-corrected chi connectivity index (χ3v) is 7.06. The number of carbonyl (C=O) groups excluding carboxylic acids is 2. The molecule has 190 valence electrons. The minimum atomic E-state index is -0.468. The molecule has 2 aromatic carbocycles. The lowest BCUT2D eigenvalue weighted by Gasteiger charge is -2.23. The number of rotatable bonds is 12. The summed E-state index contributed by atoms with van der Waals surface area (Å²) in [7, 11) is 3.41. The molecule has 0 fully saturated rings. The van der Waals surface area contributed by atoms with Crippen LogP contribution in [0.4, 0.5) is 10.1 Å². The molecule has 0 aliphatic carbocycles. The minimum Gasteiger partial charge on any atom is -0.380 e. The van der Waals surface area contributed by atoms with Gasteiger partial charge in [-0.05, 0) is 48.8 Å². The second-order valence-corrected chi connectivity index (χ2v) is 10.3. The average Bonchev–Trinajstić information content (AvgIpc) is 2.87. The molecule has 0 bridgehead atoms. The fraction of sp³-hybridized carbons (Fsp3) is 0.308. The number of hydrogen-bond acceptors (Lipinski definition) is 7. The molecule has 0 aliphatic rings. The first kappa shape index (κ1) is 27.5. The zero-order valence-corrected chi connectivity index (χ0v) is 22.2. The molecule has 1 atom stereocenters. The van der Waals surface area contributed by atoms with Crippen molar-refractivity contribution in [1.82, 2.24) is 15.3 Å². The van der Waals surface area contributed by atoms with Crippen LogP contribution >= 0.6 is 23.5 Å². The van der Waals surface area contributed by atoms with Crippen molar-refractivity contribution < 1.29 is 14.0 Å². The van der Waals surface area contributed by atoms with Gasteiger partial charge in [0.05, 0.1) is 16.8 Å². The highest BCUT2D eigenvalue weighted by Crippen LogP contribution is 2.29. The van der Waals surface area contributed by atoms with Crippen LogP contribution in [0.15, 0.2) is 64.7 Å². The Morgan fingerprint density at radius 2 is 1.97 bits per heavy atom. The minimum absolute atomic E-state index is 0.0601. The van der Waals surface area contributed by atoms with Crippen LogP contribution in [0, 0.1) is 5.82 Å². The average molecular weight is 528 g/mol. The number of nitrogens with one attached hydrogen (secondary N) is 2. The number of hydrogen-bond donors (Lipinski definition) is 2. The van der Waals surface area contributed by atoms with Crippen molar-refractivity contribution in [3.05, 3.63) is 66.1 Å². The zero-order chi connectivity index (χ0) is 25.9. The Labute approximate surface area is 219 Å². The molecule has 36 heavy (non-hydrogen) atoms. The number of thioether (sulfide) groups is 2. The SMILES string of the molecule is CSCC/C=N/NC(=O)c1cnc2ccc(F)cc2c1N[C@@H](CSc1ccccc1)CC(=O)N(C)C. The molecule has 3 rings (SSSR count). The van der Waals surface area contributed by atoms with Gasteiger partial charge < -0.3 is 10.2 Å². The second kappa shape index (κ2) is 13.8. The Morgan fingerprint density at radius 1 is 1.19 bits per heavy atom. The number of fused-ring (bicyclic) bond motifs is 1. The highest BCUT2D eigenvalue weighted by atomic mass is 32.2. The van der Waals surface area contributed by atoms with Crippen molar-refractivity contribution in [3.63, 3.8) is 0 Å². The van der Waals surface area contributed by atoms with Gasteiger partial charge in [-0.25, -0.2) is 9.82 Å². The van der Waals surface area contributed by atoms with E-state index in [1.807, 2.05) is 36.6 Å². The molecule has 2 N–H and O–H groups in total. The second-order valence-electron chi connectivity index (χ2n) is 8.20.